The van der Waals surface area contributed by atoms with Crippen LogP contribution in [0.5, 0.6) is 0 Å². The molecule has 0 saturated carbocycles. The van der Waals surface area contributed by atoms with Crippen molar-refractivity contribution < 1.29 is 19.1 Å². The SMILES string of the molecule is CCOC(=O)C1=C(CN2CCN(C(=O)c3ccccc3)[C@H](C)C2)N(C)C(=O)N[C@@H]1c1ccccc1. The standard InChI is InChI=1S/C27H32N4O4/c1-4-35-26(33)23-22(29(3)27(34)28-24(23)20-11-7-5-8-12-20)18-30-15-16-31(19(2)17-30)25(32)21-13-9-6-10-14-21/h5-14,19,24H,4,15-18H2,1-3H3,(H,28,34)/t19-,24-/m1/s1. The van der Waals surface area contributed by atoms with Crippen LogP contribution in [0.1, 0.15) is 35.8 Å². The van der Waals surface area contributed by atoms with Crippen LogP contribution in [-0.4, -0.2) is 78.5 Å². The number of carbonyl (C=O) groups excluding carboxylic acids is 3. The van der Waals surface area contributed by atoms with Gasteiger partial charge in [0, 0.05) is 50.5 Å². The largest absolute Gasteiger partial charge is 0.463 e. The van der Waals surface area contributed by atoms with Crippen molar-refractivity contribution in [1.29, 1.82) is 0 Å². The molecule has 4 rings (SSSR count). The fraction of sp³-hybridized carbons (Fsp3) is 0.370. The molecule has 2 atom stereocenters. The molecule has 8 nitrogen and oxygen atoms in total. The van der Waals surface area contributed by atoms with Gasteiger partial charge in [-0.1, -0.05) is 48.5 Å². The van der Waals surface area contributed by atoms with Gasteiger partial charge in [-0.2, -0.15) is 0 Å². The predicted octanol–water partition coefficient (Wildman–Crippen LogP) is 3.05. The van der Waals surface area contributed by atoms with Crippen LogP contribution in [0.15, 0.2) is 71.9 Å². The third kappa shape index (κ3) is 5.22. The Hall–Kier alpha value is -3.65. The molecule has 0 aliphatic carbocycles. The van der Waals surface area contributed by atoms with Gasteiger partial charge in [0.2, 0.25) is 0 Å². The topological polar surface area (TPSA) is 82.2 Å². The Morgan fingerprint density at radius 1 is 1.03 bits per heavy atom. The molecule has 2 aliphatic heterocycles. The molecule has 1 saturated heterocycles. The number of esters is 1. The number of hydrogen-bond donors (Lipinski definition) is 1. The van der Waals surface area contributed by atoms with Crippen LogP contribution >= 0.6 is 0 Å². The van der Waals surface area contributed by atoms with Gasteiger partial charge in [-0.3, -0.25) is 14.6 Å². The second-order valence-corrected chi connectivity index (χ2v) is 8.88. The quantitative estimate of drug-likeness (QED) is 0.648. The van der Waals surface area contributed by atoms with E-state index in [1.807, 2.05) is 72.5 Å². The number of likely N-dealkylation sites (N-methyl/N-ethyl adjacent to an activating group) is 1. The van der Waals surface area contributed by atoms with E-state index in [4.69, 9.17) is 4.74 Å². The summed E-state index contributed by atoms with van der Waals surface area (Å²) in [4.78, 5) is 44.6. The molecule has 184 valence electrons. The molecule has 2 aromatic carbocycles. The van der Waals surface area contributed by atoms with Crippen LogP contribution in [0.25, 0.3) is 0 Å². The Bertz CT molecular complexity index is 1100. The first kappa shape index (κ1) is 24.5. The Labute approximate surface area is 206 Å². The van der Waals surface area contributed by atoms with Crippen LogP contribution < -0.4 is 5.32 Å². The molecule has 0 spiro atoms. The molecule has 0 bridgehead atoms. The number of rotatable bonds is 6. The molecular weight excluding hydrogens is 444 g/mol. The maximum Gasteiger partial charge on any atom is 0.338 e. The average molecular weight is 477 g/mol. The molecular formula is C27H32N4O4. The lowest BCUT2D eigenvalue weighted by molar-refractivity contribution is -0.139. The fourth-order valence-corrected chi connectivity index (χ4v) is 4.73. The third-order valence-corrected chi connectivity index (χ3v) is 6.57. The second kappa shape index (κ2) is 10.7. The number of amides is 3. The van der Waals surface area contributed by atoms with Gasteiger partial charge >= 0.3 is 12.0 Å². The van der Waals surface area contributed by atoms with Crippen molar-refractivity contribution in [2.45, 2.75) is 25.9 Å². The minimum absolute atomic E-state index is 0.0162. The van der Waals surface area contributed by atoms with E-state index in [9.17, 15) is 14.4 Å². The lowest BCUT2D eigenvalue weighted by Gasteiger charge is -2.42. The summed E-state index contributed by atoms with van der Waals surface area (Å²) in [7, 11) is 1.67. The minimum atomic E-state index is -0.590. The molecule has 2 aliphatic rings. The summed E-state index contributed by atoms with van der Waals surface area (Å²) in [6.45, 7) is 6.26. The molecule has 0 unspecified atom stereocenters. The van der Waals surface area contributed by atoms with E-state index in [0.717, 1.165) is 5.56 Å². The van der Waals surface area contributed by atoms with Crippen molar-refractivity contribution in [1.82, 2.24) is 20.0 Å². The zero-order valence-electron chi connectivity index (χ0n) is 20.4. The van der Waals surface area contributed by atoms with Crippen LogP contribution in [0.2, 0.25) is 0 Å². The van der Waals surface area contributed by atoms with Crippen molar-refractivity contribution in [2.24, 2.45) is 0 Å². The van der Waals surface area contributed by atoms with E-state index < -0.39 is 12.0 Å². The van der Waals surface area contributed by atoms with Crippen molar-refractivity contribution in [3.63, 3.8) is 0 Å². The summed E-state index contributed by atoms with van der Waals surface area (Å²) in [6.07, 6.45) is 0. The first-order valence-electron chi connectivity index (χ1n) is 12.0. The van der Waals surface area contributed by atoms with Gasteiger partial charge < -0.3 is 15.0 Å². The highest BCUT2D eigenvalue weighted by atomic mass is 16.5. The number of hydrogen-bond acceptors (Lipinski definition) is 5. The Balaban J connectivity index is 1.59. The van der Waals surface area contributed by atoms with Crippen LogP contribution in [0.4, 0.5) is 4.79 Å². The molecule has 0 radical (unpaired) electrons. The summed E-state index contributed by atoms with van der Waals surface area (Å²) < 4.78 is 5.41. The normalized spacial score (nSPS) is 21.1. The van der Waals surface area contributed by atoms with Crippen molar-refractivity contribution >= 4 is 17.9 Å². The van der Waals surface area contributed by atoms with E-state index in [1.165, 1.54) is 4.90 Å². The van der Waals surface area contributed by atoms with Gasteiger partial charge in [-0.15, -0.1) is 0 Å². The third-order valence-electron chi connectivity index (χ3n) is 6.57. The first-order valence-corrected chi connectivity index (χ1v) is 12.0. The van der Waals surface area contributed by atoms with E-state index in [2.05, 4.69) is 10.2 Å². The summed E-state index contributed by atoms with van der Waals surface area (Å²) >= 11 is 0. The number of benzene rings is 2. The van der Waals surface area contributed by atoms with E-state index in [0.29, 0.717) is 43.0 Å². The van der Waals surface area contributed by atoms with Crippen LogP contribution in [0.3, 0.4) is 0 Å². The summed E-state index contributed by atoms with van der Waals surface area (Å²) in [5.41, 5.74) is 2.56. The monoisotopic (exact) mass is 476 g/mol. The number of urea groups is 1. The summed E-state index contributed by atoms with van der Waals surface area (Å²) in [5, 5.41) is 2.94. The van der Waals surface area contributed by atoms with E-state index in [1.54, 1.807) is 14.0 Å². The number of nitrogens with zero attached hydrogens (tertiary/aromatic N) is 3. The van der Waals surface area contributed by atoms with Gasteiger partial charge in [0.15, 0.2) is 0 Å². The number of nitrogens with one attached hydrogen (secondary N) is 1. The number of carbonyl (C=O) groups is 3. The highest BCUT2D eigenvalue weighted by Gasteiger charge is 2.38. The maximum atomic E-state index is 13.1. The van der Waals surface area contributed by atoms with E-state index in [-0.39, 0.29) is 24.6 Å². The summed E-state index contributed by atoms with van der Waals surface area (Å²) in [6, 6.07) is 17.9. The second-order valence-electron chi connectivity index (χ2n) is 8.88. The number of ether oxygens (including phenoxy) is 1. The molecule has 1 fully saturated rings. The van der Waals surface area contributed by atoms with Gasteiger partial charge in [0.25, 0.3) is 5.91 Å². The molecule has 0 aromatic heterocycles. The first-order chi connectivity index (χ1) is 16.9. The molecule has 35 heavy (non-hydrogen) atoms. The zero-order chi connectivity index (χ0) is 24.9. The van der Waals surface area contributed by atoms with Gasteiger partial charge in [-0.05, 0) is 31.5 Å². The highest BCUT2D eigenvalue weighted by molar-refractivity contribution is 5.95. The van der Waals surface area contributed by atoms with Crippen LogP contribution in [0, 0.1) is 0 Å². The molecule has 2 aromatic rings. The van der Waals surface area contributed by atoms with Gasteiger partial charge in [0.05, 0.1) is 18.2 Å². The maximum absolute atomic E-state index is 13.1. The molecule has 2 heterocycles. The van der Waals surface area contributed by atoms with E-state index >= 15 is 0 Å². The zero-order valence-corrected chi connectivity index (χ0v) is 20.4. The van der Waals surface area contributed by atoms with Gasteiger partial charge in [0.1, 0.15) is 0 Å². The summed E-state index contributed by atoms with van der Waals surface area (Å²) in [5.74, 6) is -0.420. The van der Waals surface area contributed by atoms with Crippen molar-refractivity contribution in [3.05, 3.63) is 83.1 Å². The Kier molecular flexibility index (Phi) is 7.51. The van der Waals surface area contributed by atoms with Crippen molar-refractivity contribution in [3.8, 4) is 0 Å². The predicted molar refractivity (Wildman–Crippen MR) is 133 cm³/mol. The smallest absolute Gasteiger partial charge is 0.338 e. The lowest BCUT2D eigenvalue weighted by atomic mass is 9.94. The highest BCUT2D eigenvalue weighted by Crippen LogP contribution is 2.31. The average Bonchev–Trinajstić information content (AvgIpc) is 2.87. The Morgan fingerprint density at radius 2 is 1.69 bits per heavy atom. The van der Waals surface area contributed by atoms with Gasteiger partial charge in [-0.25, -0.2) is 9.59 Å². The molecule has 1 N–H and O–H groups in total. The minimum Gasteiger partial charge on any atom is -0.463 e. The molecule has 3 amide bonds. The fourth-order valence-electron chi connectivity index (χ4n) is 4.73. The van der Waals surface area contributed by atoms with Crippen LogP contribution in [-0.2, 0) is 9.53 Å². The Morgan fingerprint density at radius 3 is 2.31 bits per heavy atom. The van der Waals surface area contributed by atoms with Crippen molar-refractivity contribution in [2.75, 3.05) is 39.8 Å². The molecule has 8 heteroatoms. The number of piperazine rings is 1. The lowest BCUT2D eigenvalue weighted by Crippen LogP contribution is -2.56.